The van der Waals surface area contributed by atoms with Gasteiger partial charge in [0.05, 0.1) is 16.3 Å². The van der Waals surface area contributed by atoms with Crippen LogP contribution in [-0.4, -0.2) is 25.9 Å². The quantitative estimate of drug-likeness (QED) is 0.726. The second-order valence-corrected chi connectivity index (χ2v) is 8.74. The number of benzene rings is 1. The first-order chi connectivity index (χ1) is 10.9. The SMILES string of the molecule is CC1CC=CC(C)(c2ccc(Cl)c(Cl)c2)C1.CS(=O)(=O)NC(=O)O. The van der Waals surface area contributed by atoms with Crippen molar-refractivity contribution in [2.75, 3.05) is 6.26 Å². The lowest BCUT2D eigenvalue weighted by atomic mass is 9.72. The molecule has 24 heavy (non-hydrogen) atoms. The number of rotatable bonds is 2. The van der Waals surface area contributed by atoms with Crippen LogP contribution in [-0.2, 0) is 15.4 Å². The lowest BCUT2D eigenvalue weighted by Crippen LogP contribution is -2.27. The van der Waals surface area contributed by atoms with Gasteiger partial charge in [0.15, 0.2) is 0 Å². The van der Waals surface area contributed by atoms with E-state index >= 15 is 0 Å². The number of carbonyl (C=O) groups is 1. The molecule has 0 saturated heterocycles. The van der Waals surface area contributed by atoms with Crippen LogP contribution >= 0.6 is 23.2 Å². The van der Waals surface area contributed by atoms with Gasteiger partial charge in [-0.2, -0.15) is 0 Å². The van der Waals surface area contributed by atoms with Crippen molar-refractivity contribution >= 4 is 39.3 Å². The van der Waals surface area contributed by atoms with Crippen LogP contribution in [0.25, 0.3) is 0 Å². The van der Waals surface area contributed by atoms with E-state index in [0.29, 0.717) is 10.0 Å². The van der Waals surface area contributed by atoms with Crippen LogP contribution in [0.4, 0.5) is 4.79 Å². The van der Waals surface area contributed by atoms with Gasteiger partial charge < -0.3 is 5.11 Å². The van der Waals surface area contributed by atoms with Crippen LogP contribution in [0.15, 0.2) is 30.4 Å². The molecule has 0 heterocycles. The zero-order valence-corrected chi connectivity index (χ0v) is 16.0. The van der Waals surface area contributed by atoms with Crippen LogP contribution in [0.5, 0.6) is 0 Å². The molecule has 1 aliphatic carbocycles. The van der Waals surface area contributed by atoms with Crippen molar-refractivity contribution in [1.82, 2.24) is 4.72 Å². The molecular formula is C16H21Cl2NO4S. The minimum atomic E-state index is -3.57. The molecule has 1 amide bonds. The Balaban J connectivity index is 0.000000307. The molecule has 1 aromatic carbocycles. The number of amides is 1. The summed E-state index contributed by atoms with van der Waals surface area (Å²) in [5, 5.41) is 9.03. The molecule has 2 rings (SSSR count). The molecule has 2 unspecified atom stereocenters. The van der Waals surface area contributed by atoms with Crippen molar-refractivity contribution < 1.29 is 18.3 Å². The Morgan fingerprint density at radius 2 is 1.96 bits per heavy atom. The largest absolute Gasteiger partial charge is 0.464 e. The van der Waals surface area contributed by atoms with Gasteiger partial charge in [0, 0.05) is 5.41 Å². The molecule has 0 spiro atoms. The molecule has 0 aliphatic heterocycles. The van der Waals surface area contributed by atoms with Crippen molar-refractivity contribution in [3.8, 4) is 0 Å². The summed E-state index contributed by atoms with van der Waals surface area (Å²) in [5.74, 6) is 0.726. The van der Waals surface area contributed by atoms with Crippen LogP contribution in [0.1, 0.15) is 32.3 Å². The summed E-state index contributed by atoms with van der Waals surface area (Å²) >= 11 is 12.0. The van der Waals surface area contributed by atoms with E-state index in [2.05, 4.69) is 32.1 Å². The highest BCUT2D eigenvalue weighted by atomic mass is 35.5. The molecule has 2 atom stereocenters. The average molecular weight is 394 g/mol. The lowest BCUT2D eigenvalue weighted by Gasteiger charge is -2.33. The summed E-state index contributed by atoms with van der Waals surface area (Å²) in [6, 6.07) is 5.96. The average Bonchev–Trinajstić information content (AvgIpc) is 2.39. The first kappa shape index (κ1) is 20.8. The Kier molecular flexibility index (Phi) is 7.13. The third-order valence-electron chi connectivity index (χ3n) is 3.65. The van der Waals surface area contributed by atoms with E-state index in [4.69, 9.17) is 28.3 Å². The third-order valence-corrected chi connectivity index (χ3v) is 4.93. The van der Waals surface area contributed by atoms with E-state index < -0.39 is 16.1 Å². The van der Waals surface area contributed by atoms with Crippen molar-refractivity contribution in [3.63, 3.8) is 0 Å². The standard InChI is InChI=1S/C14H16Cl2.C2H5NO4S/c1-10-4-3-7-14(2,9-10)11-5-6-12(15)13(16)8-11;1-8(6,7)3-2(4)5/h3,5-8,10H,4,9H2,1-2H3;3H,1H3,(H,4,5). The maximum absolute atomic E-state index is 9.95. The van der Waals surface area contributed by atoms with Crippen LogP contribution in [0.3, 0.4) is 0 Å². The van der Waals surface area contributed by atoms with E-state index in [1.165, 1.54) is 23.1 Å². The van der Waals surface area contributed by atoms with Gasteiger partial charge >= 0.3 is 6.09 Å². The second-order valence-electron chi connectivity index (χ2n) is 6.17. The zero-order chi connectivity index (χ0) is 18.5. The van der Waals surface area contributed by atoms with Gasteiger partial charge in [0.1, 0.15) is 0 Å². The summed E-state index contributed by atoms with van der Waals surface area (Å²) in [4.78, 5) is 9.52. The fraction of sp³-hybridized carbons (Fsp3) is 0.438. The predicted octanol–water partition coefficient (Wildman–Crippen LogP) is 4.45. The fourth-order valence-electron chi connectivity index (χ4n) is 2.66. The van der Waals surface area contributed by atoms with E-state index in [-0.39, 0.29) is 5.41 Å². The molecule has 0 aromatic heterocycles. The molecule has 1 aliphatic rings. The van der Waals surface area contributed by atoms with E-state index in [1.54, 1.807) is 0 Å². The molecule has 0 saturated carbocycles. The maximum atomic E-state index is 9.95. The van der Waals surface area contributed by atoms with Crippen molar-refractivity contribution in [1.29, 1.82) is 0 Å². The number of nitrogens with one attached hydrogen (secondary N) is 1. The van der Waals surface area contributed by atoms with Crippen molar-refractivity contribution in [2.45, 2.75) is 32.1 Å². The first-order valence-electron chi connectivity index (χ1n) is 7.27. The Bertz CT molecular complexity index is 734. The van der Waals surface area contributed by atoms with E-state index in [0.717, 1.165) is 12.2 Å². The number of hydrogen-bond donors (Lipinski definition) is 2. The van der Waals surface area contributed by atoms with Gasteiger partial charge in [0.25, 0.3) is 0 Å². The molecule has 0 radical (unpaired) electrons. The van der Waals surface area contributed by atoms with Gasteiger partial charge in [-0.1, -0.05) is 55.3 Å². The third kappa shape index (κ3) is 6.71. The highest BCUT2D eigenvalue weighted by molar-refractivity contribution is 7.89. The lowest BCUT2D eigenvalue weighted by molar-refractivity contribution is 0.201. The smallest absolute Gasteiger partial charge is 0.418 e. The summed E-state index contributed by atoms with van der Waals surface area (Å²) < 4.78 is 21.2. The molecule has 8 heteroatoms. The topological polar surface area (TPSA) is 83.5 Å². The molecular weight excluding hydrogens is 373 g/mol. The number of allylic oxidation sites excluding steroid dienone is 2. The number of halogens is 2. The van der Waals surface area contributed by atoms with E-state index in [1.807, 2.05) is 12.1 Å². The minimum Gasteiger partial charge on any atom is -0.464 e. The summed E-state index contributed by atoms with van der Waals surface area (Å²) in [6.07, 6.45) is 6.12. The number of hydrogen-bond acceptors (Lipinski definition) is 3. The van der Waals surface area contributed by atoms with Gasteiger partial charge in [-0.05, 0) is 36.5 Å². The molecule has 1 aromatic rings. The Morgan fingerprint density at radius 1 is 1.33 bits per heavy atom. The van der Waals surface area contributed by atoms with Gasteiger partial charge in [-0.25, -0.2) is 17.9 Å². The molecule has 0 bridgehead atoms. The summed E-state index contributed by atoms with van der Waals surface area (Å²) in [5.41, 5.74) is 1.36. The Morgan fingerprint density at radius 3 is 2.38 bits per heavy atom. The normalized spacial score (nSPS) is 23.1. The van der Waals surface area contributed by atoms with Crippen molar-refractivity contribution in [3.05, 3.63) is 46.0 Å². The molecule has 5 nitrogen and oxygen atoms in total. The monoisotopic (exact) mass is 393 g/mol. The van der Waals surface area contributed by atoms with Crippen LogP contribution < -0.4 is 4.72 Å². The molecule has 0 fully saturated rings. The Labute approximate surface area is 152 Å². The van der Waals surface area contributed by atoms with Gasteiger partial charge in [0.2, 0.25) is 10.0 Å². The van der Waals surface area contributed by atoms with Crippen molar-refractivity contribution in [2.24, 2.45) is 5.92 Å². The number of carboxylic acid groups (broad SMARTS) is 1. The molecule has 2 N–H and O–H groups in total. The van der Waals surface area contributed by atoms with Gasteiger partial charge in [-0.3, -0.25) is 0 Å². The zero-order valence-electron chi connectivity index (χ0n) is 13.7. The van der Waals surface area contributed by atoms with Crippen LogP contribution in [0, 0.1) is 5.92 Å². The van der Waals surface area contributed by atoms with E-state index in [9.17, 15) is 13.2 Å². The van der Waals surface area contributed by atoms with Gasteiger partial charge in [-0.15, -0.1) is 0 Å². The molecule has 134 valence electrons. The highest BCUT2D eigenvalue weighted by Crippen LogP contribution is 2.39. The fourth-order valence-corrected chi connectivity index (χ4v) is 3.28. The summed E-state index contributed by atoms with van der Waals surface area (Å²) in [6.45, 7) is 4.55. The maximum Gasteiger partial charge on any atom is 0.418 e. The Hall–Kier alpha value is -1.24. The predicted molar refractivity (Wildman–Crippen MR) is 97.4 cm³/mol. The number of sulfonamides is 1. The first-order valence-corrected chi connectivity index (χ1v) is 9.91. The minimum absolute atomic E-state index is 0.103. The summed E-state index contributed by atoms with van der Waals surface area (Å²) in [7, 11) is -3.57. The highest BCUT2D eigenvalue weighted by Gasteiger charge is 2.28. The second kappa shape index (κ2) is 8.23. The van der Waals surface area contributed by atoms with Crippen LogP contribution in [0.2, 0.25) is 10.0 Å².